The number of rotatable bonds is 3. The Morgan fingerprint density at radius 2 is 1.85 bits per heavy atom. The minimum atomic E-state index is -0.324. The first-order valence-corrected chi connectivity index (χ1v) is 8.44. The third-order valence-electron chi connectivity index (χ3n) is 2.78. The molecule has 20 heavy (non-hydrogen) atoms. The number of ether oxygens (including phenoxy) is 1. The fourth-order valence-electron chi connectivity index (χ4n) is 1.75. The van der Waals surface area contributed by atoms with Crippen LogP contribution in [0.2, 0.25) is 5.02 Å². The van der Waals surface area contributed by atoms with E-state index in [0.717, 1.165) is 15.8 Å². The summed E-state index contributed by atoms with van der Waals surface area (Å²) in [6.07, 6.45) is 0. The molecular formula is C14H9Br3ClFO. The van der Waals surface area contributed by atoms with E-state index in [2.05, 4.69) is 47.8 Å². The van der Waals surface area contributed by atoms with Gasteiger partial charge in [0.15, 0.2) is 0 Å². The first-order chi connectivity index (χ1) is 9.43. The molecule has 106 valence electrons. The van der Waals surface area contributed by atoms with Crippen molar-refractivity contribution in [2.45, 2.75) is 4.83 Å². The Labute approximate surface area is 146 Å². The molecule has 1 nitrogen and oxygen atoms in total. The van der Waals surface area contributed by atoms with Crippen LogP contribution in [0.25, 0.3) is 0 Å². The Balaban J connectivity index is 2.43. The molecule has 0 saturated carbocycles. The molecule has 1 unspecified atom stereocenters. The summed E-state index contributed by atoms with van der Waals surface area (Å²) in [7, 11) is 1.60. The second-order valence-corrected chi connectivity index (χ2v) is 7.08. The lowest BCUT2D eigenvalue weighted by Gasteiger charge is -2.14. The van der Waals surface area contributed by atoms with E-state index in [4.69, 9.17) is 16.3 Å². The normalized spacial score (nSPS) is 12.3. The van der Waals surface area contributed by atoms with E-state index in [-0.39, 0.29) is 10.6 Å². The van der Waals surface area contributed by atoms with Crippen molar-refractivity contribution in [3.63, 3.8) is 0 Å². The van der Waals surface area contributed by atoms with Gasteiger partial charge < -0.3 is 4.74 Å². The molecule has 0 bridgehead atoms. The molecule has 6 heteroatoms. The number of hydrogen-bond acceptors (Lipinski definition) is 1. The van der Waals surface area contributed by atoms with Crippen molar-refractivity contribution in [2.24, 2.45) is 0 Å². The number of halogens is 5. The van der Waals surface area contributed by atoms with E-state index >= 15 is 0 Å². The predicted octanol–water partition coefficient (Wildman–Crippen LogP) is 6.50. The molecule has 2 aromatic rings. The SMILES string of the molecule is COc1ccc(C(Br)c2cc(Cl)c(Br)cc2F)cc1Br. The Hall–Kier alpha value is -0.100. The smallest absolute Gasteiger partial charge is 0.133 e. The van der Waals surface area contributed by atoms with Gasteiger partial charge in [-0.3, -0.25) is 0 Å². The summed E-state index contributed by atoms with van der Waals surface area (Å²) in [6, 6.07) is 8.56. The van der Waals surface area contributed by atoms with Gasteiger partial charge >= 0.3 is 0 Å². The van der Waals surface area contributed by atoms with Crippen LogP contribution in [0.5, 0.6) is 5.75 Å². The van der Waals surface area contributed by atoms with Gasteiger partial charge in [-0.15, -0.1) is 0 Å². The van der Waals surface area contributed by atoms with Crippen LogP contribution in [0.3, 0.4) is 0 Å². The molecule has 0 saturated heterocycles. The lowest BCUT2D eigenvalue weighted by Crippen LogP contribution is -1.98. The van der Waals surface area contributed by atoms with Crippen molar-refractivity contribution < 1.29 is 9.13 Å². The molecule has 0 aliphatic rings. The molecule has 2 rings (SSSR count). The van der Waals surface area contributed by atoms with E-state index in [1.807, 2.05) is 18.2 Å². The molecule has 0 spiro atoms. The summed E-state index contributed by atoms with van der Waals surface area (Å²) in [5.74, 6) is 0.401. The predicted molar refractivity (Wildman–Crippen MR) is 90.6 cm³/mol. The summed E-state index contributed by atoms with van der Waals surface area (Å²) in [4.78, 5) is -0.296. The molecule has 0 N–H and O–H groups in total. The van der Waals surface area contributed by atoms with Gasteiger partial charge in [-0.25, -0.2) is 4.39 Å². The lowest BCUT2D eigenvalue weighted by molar-refractivity contribution is 0.412. The Bertz CT molecular complexity index is 649. The van der Waals surface area contributed by atoms with Gasteiger partial charge in [-0.05, 0) is 61.7 Å². The fraction of sp³-hybridized carbons (Fsp3) is 0.143. The average molecular weight is 487 g/mol. The summed E-state index contributed by atoms with van der Waals surface area (Å²) in [5, 5.41) is 0.471. The molecule has 0 aliphatic carbocycles. The second-order valence-electron chi connectivity index (χ2n) is 4.04. The minimum absolute atomic E-state index is 0.296. The van der Waals surface area contributed by atoms with Crippen LogP contribution in [-0.4, -0.2) is 7.11 Å². The van der Waals surface area contributed by atoms with Crippen LogP contribution in [-0.2, 0) is 0 Å². The van der Waals surface area contributed by atoms with Gasteiger partial charge in [0.1, 0.15) is 11.6 Å². The first-order valence-electron chi connectivity index (χ1n) is 5.56. The zero-order valence-electron chi connectivity index (χ0n) is 10.3. The topological polar surface area (TPSA) is 9.23 Å². The van der Waals surface area contributed by atoms with Gasteiger partial charge in [0, 0.05) is 10.0 Å². The van der Waals surface area contributed by atoms with Gasteiger partial charge in [-0.1, -0.05) is 33.6 Å². The van der Waals surface area contributed by atoms with Crippen molar-refractivity contribution in [2.75, 3.05) is 7.11 Å². The third kappa shape index (κ3) is 3.38. The molecular weight excluding hydrogens is 478 g/mol. The number of hydrogen-bond donors (Lipinski definition) is 0. The quantitative estimate of drug-likeness (QED) is 0.355. The zero-order valence-corrected chi connectivity index (χ0v) is 15.8. The van der Waals surface area contributed by atoms with E-state index in [1.54, 1.807) is 13.2 Å². The van der Waals surface area contributed by atoms with Gasteiger partial charge in [0.2, 0.25) is 0 Å². The average Bonchev–Trinajstić information content (AvgIpc) is 2.42. The van der Waals surface area contributed by atoms with Crippen LogP contribution < -0.4 is 4.74 Å². The molecule has 0 aliphatic heterocycles. The van der Waals surface area contributed by atoms with E-state index in [0.29, 0.717) is 15.1 Å². The molecule has 0 aromatic heterocycles. The molecule has 1 atom stereocenters. The van der Waals surface area contributed by atoms with Gasteiger partial charge in [0.05, 0.1) is 21.4 Å². The van der Waals surface area contributed by atoms with E-state index < -0.39 is 0 Å². The summed E-state index contributed by atoms with van der Waals surface area (Å²) < 4.78 is 20.6. The highest BCUT2D eigenvalue weighted by Gasteiger charge is 2.18. The maximum atomic E-state index is 14.1. The molecule has 0 radical (unpaired) electrons. The largest absolute Gasteiger partial charge is 0.496 e. The van der Waals surface area contributed by atoms with Crippen molar-refractivity contribution in [1.29, 1.82) is 0 Å². The first kappa shape index (κ1) is 16.3. The standard InChI is InChI=1S/C14H9Br3ClFO/c1-20-13-3-2-7(4-10(13)16)14(17)8-5-11(18)9(15)6-12(8)19/h2-6,14H,1H3. The summed E-state index contributed by atoms with van der Waals surface area (Å²) >= 11 is 16.2. The summed E-state index contributed by atoms with van der Waals surface area (Å²) in [5.41, 5.74) is 1.38. The second kappa shape index (κ2) is 6.77. The maximum Gasteiger partial charge on any atom is 0.133 e. The van der Waals surface area contributed by atoms with Crippen LogP contribution in [0.4, 0.5) is 4.39 Å². The Kier molecular flexibility index (Phi) is 5.51. The highest BCUT2D eigenvalue weighted by atomic mass is 79.9. The van der Waals surface area contributed by atoms with Crippen LogP contribution >= 0.6 is 59.4 Å². The Morgan fingerprint density at radius 3 is 2.45 bits per heavy atom. The van der Waals surface area contributed by atoms with Crippen LogP contribution in [0.1, 0.15) is 16.0 Å². The van der Waals surface area contributed by atoms with Crippen LogP contribution in [0, 0.1) is 5.82 Å². The number of alkyl halides is 1. The number of methoxy groups -OCH3 is 1. The highest BCUT2D eigenvalue weighted by Crippen LogP contribution is 2.38. The van der Waals surface area contributed by atoms with Crippen molar-refractivity contribution in [1.82, 2.24) is 0 Å². The summed E-state index contributed by atoms with van der Waals surface area (Å²) in [6.45, 7) is 0. The van der Waals surface area contributed by atoms with Crippen molar-refractivity contribution in [3.8, 4) is 5.75 Å². The van der Waals surface area contributed by atoms with Gasteiger partial charge in [0.25, 0.3) is 0 Å². The minimum Gasteiger partial charge on any atom is -0.496 e. The zero-order chi connectivity index (χ0) is 14.9. The van der Waals surface area contributed by atoms with Crippen molar-refractivity contribution in [3.05, 3.63) is 61.2 Å². The molecule has 2 aromatic carbocycles. The highest BCUT2D eigenvalue weighted by molar-refractivity contribution is 9.11. The third-order valence-corrected chi connectivity index (χ3v) is 5.62. The lowest BCUT2D eigenvalue weighted by atomic mass is 10.0. The Morgan fingerprint density at radius 1 is 1.15 bits per heavy atom. The fourth-order valence-corrected chi connectivity index (χ4v) is 3.43. The maximum absolute atomic E-state index is 14.1. The van der Waals surface area contributed by atoms with Gasteiger partial charge in [-0.2, -0.15) is 0 Å². The van der Waals surface area contributed by atoms with Crippen molar-refractivity contribution >= 4 is 59.4 Å². The van der Waals surface area contributed by atoms with Crippen LogP contribution in [0.15, 0.2) is 39.3 Å². The molecule has 0 heterocycles. The van der Waals surface area contributed by atoms with E-state index in [1.165, 1.54) is 6.07 Å². The molecule has 0 fully saturated rings. The number of benzene rings is 2. The van der Waals surface area contributed by atoms with E-state index in [9.17, 15) is 4.39 Å². The monoisotopic (exact) mass is 484 g/mol. The molecule has 0 amide bonds.